The van der Waals surface area contributed by atoms with Crippen LogP contribution in [0.5, 0.6) is 0 Å². The molecule has 0 aromatic rings. The van der Waals surface area contributed by atoms with Crippen molar-refractivity contribution in [2.24, 2.45) is 0 Å². The molecule has 0 bridgehead atoms. The van der Waals surface area contributed by atoms with Gasteiger partial charge in [0.05, 0.1) is 0 Å². The van der Waals surface area contributed by atoms with E-state index in [-0.39, 0.29) is 6.42 Å². The third-order valence-corrected chi connectivity index (χ3v) is 2.85. The lowest BCUT2D eigenvalue weighted by Crippen LogP contribution is -2.06. The van der Waals surface area contributed by atoms with Gasteiger partial charge in [-0.15, -0.1) is 0 Å². The summed E-state index contributed by atoms with van der Waals surface area (Å²) >= 11 is -2.79. The number of hydrogen-bond acceptors (Lipinski definition) is 5. The van der Waals surface area contributed by atoms with Crippen molar-refractivity contribution in [3.05, 3.63) is 0 Å². The predicted octanol–water partition coefficient (Wildman–Crippen LogP) is 3.18. The van der Waals surface area contributed by atoms with Crippen molar-refractivity contribution in [2.75, 3.05) is 0 Å². The second-order valence-corrected chi connectivity index (χ2v) is 4.85. The summed E-state index contributed by atoms with van der Waals surface area (Å²) in [6.45, 7) is 2.20. The van der Waals surface area contributed by atoms with Crippen LogP contribution in [0.25, 0.3) is 0 Å². The smallest absolute Gasteiger partial charge is 0.343 e. The molecule has 0 aliphatic rings. The highest BCUT2D eigenvalue weighted by molar-refractivity contribution is 7.73. The molecule has 0 aromatic carbocycles. The van der Waals surface area contributed by atoms with Gasteiger partial charge in [-0.3, -0.25) is 4.89 Å². The second kappa shape index (κ2) is 13.0. The molecule has 0 heterocycles. The lowest BCUT2D eigenvalue weighted by molar-refractivity contribution is -0.211. The molecular weight excluding hydrogens is 256 g/mol. The van der Waals surface area contributed by atoms with E-state index in [0.29, 0.717) is 6.42 Å². The molecule has 0 saturated carbocycles. The average Bonchev–Trinajstić information content (AvgIpc) is 2.34. The van der Waals surface area contributed by atoms with Crippen LogP contribution in [0.4, 0.5) is 0 Å². The largest absolute Gasteiger partial charge is 0.747 e. The molecule has 1 atom stereocenters. The van der Waals surface area contributed by atoms with Gasteiger partial charge < -0.3 is 4.55 Å². The Morgan fingerprint density at radius 3 is 2.00 bits per heavy atom. The van der Waals surface area contributed by atoms with E-state index in [1.807, 2.05) is 0 Å². The van der Waals surface area contributed by atoms with Gasteiger partial charge in [-0.05, 0) is 6.42 Å². The normalized spacial score (nSPS) is 12.3. The van der Waals surface area contributed by atoms with E-state index >= 15 is 0 Å². The molecule has 6 heteroatoms. The van der Waals surface area contributed by atoms with Crippen LogP contribution in [0.15, 0.2) is 0 Å². The van der Waals surface area contributed by atoms with Crippen molar-refractivity contribution >= 4 is 17.3 Å². The molecule has 0 N–H and O–H groups in total. The Kier molecular flexibility index (Phi) is 12.7. The third-order valence-electron chi connectivity index (χ3n) is 2.67. The van der Waals surface area contributed by atoms with E-state index in [2.05, 4.69) is 16.1 Å². The van der Waals surface area contributed by atoms with Gasteiger partial charge in [0.2, 0.25) is 0 Å². The summed E-state index contributed by atoms with van der Waals surface area (Å²) in [6.07, 6.45) is 10.6. The van der Waals surface area contributed by atoms with Crippen LogP contribution in [0, 0.1) is 0 Å². The van der Waals surface area contributed by atoms with Gasteiger partial charge in [-0.1, -0.05) is 62.6 Å². The van der Waals surface area contributed by atoms with Gasteiger partial charge in [0.25, 0.3) is 0 Å². The summed E-state index contributed by atoms with van der Waals surface area (Å²) in [7, 11) is 0. The third kappa shape index (κ3) is 13.6. The fraction of sp³-hybridized carbons (Fsp3) is 0.917. The highest BCUT2D eigenvalue weighted by Gasteiger charge is 2.03. The first-order valence-corrected chi connectivity index (χ1v) is 7.64. The zero-order valence-electron chi connectivity index (χ0n) is 11.0. The molecule has 0 fully saturated rings. The Hall–Kier alpha value is -0.460. The van der Waals surface area contributed by atoms with Crippen molar-refractivity contribution < 1.29 is 22.8 Å². The summed E-state index contributed by atoms with van der Waals surface area (Å²) in [5, 5.41) is 0. The van der Waals surface area contributed by atoms with Crippen molar-refractivity contribution in [3.63, 3.8) is 0 Å². The number of unbranched alkanes of at least 4 members (excludes halogenated alkanes) is 8. The van der Waals surface area contributed by atoms with E-state index in [1.165, 1.54) is 38.5 Å². The molecule has 0 radical (unpaired) electrons. The molecule has 0 aliphatic heterocycles. The minimum absolute atomic E-state index is 0.201. The Labute approximate surface area is 112 Å². The maximum Gasteiger partial charge on any atom is 0.343 e. The van der Waals surface area contributed by atoms with Gasteiger partial charge in [0.1, 0.15) is 11.4 Å². The summed E-state index contributed by atoms with van der Waals surface area (Å²) in [4.78, 5) is 15.0. The minimum Gasteiger partial charge on any atom is -0.747 e. The fourth-order valence-corrected chi connectivity index (χ4v) is 1.82. The van der Waals surface area contributed by atoms with Crippen LogP contribution in [0.1, 0.15) is 71.1 Å². The van der Waals surface area contributed by atoms with Crippen LogP contribution in [-0.4, -0.2) is 14.7 Å². The molecule has 0 aliphatic carbocycles. The summed E-state index contributed by atoms with van der Waals surface area (Å²) in [5.74, 6) is -0.637. The first-order valence-electron chi connectivity index (χ1n) is 6.64. The second-order valence-electron chi connectivity index (χ2n) is 4.31. The molecule has 5 nitrogen and oxygen atoms in total. The van der Waals surface area contributed by atoms with Crippen molar-refractivity contribution in [1.29, 1.82) is 0 Å². The first kappa shape index (κ1) is 17.5. The molecule has 0 rings (SSSR count). The Morgan fingerprint density at radius 1 is 1.00 bits per heavy atom. The monoisotopic (exact) mass is 279 g/mol. The standard InChI is InChI=1S/C12H24O5S/c1-2-3-4-5-6-7-8-9-10-11-12(13)16-17-18(14)15/h2-11H2,1H3,(H,14,15)/p-1. The molecule has 108 valence electrons. The van der Waals surface area contributed by atoms with Crippen LogP contribution < -0.4 is 0 Å². The van der Waals surface area contributed by atoms with Gasteiger partial charge in [-0.25, -0.2) is 9.00 Å². The van der Waals surface area contributed by atoms with Crippen molar-refractivity contribution in [1.82, 2.24) is 0 Å². The maximum atomic E-state index is 10.9. The SMILES string of the molecule is CCCCCCCCCCCC(=O)OOS(=O)[O-]. The average molecular weight is 279 g/mol. The molecule has 0 aromatic heterocycles. The lowest BCUT2D eigenvalue weighted by atomic mass is 10.1. The molecule has 0 amide bonds. The van der Waals surface area contributed by atoms with Crippen LogP contribution in [-0.2, 0) is 25.4 Å². The molecule has 18 heavy (non-hydrogen) atoms. The highest BCUT2D eigenvalue weighted by Crippen LogP contribution is 2.10. The van der Waals surface area contributed by atoms with E-state index in [0.717, 1.165) is 12.8 Å². The summed E-state index contributed by atoms with van der Waals surface area (Å²) in [5.41, 5.74) is 0. The highest BCUT2D eigenvalue weighted by atomic mass is 32.2. The van der Waals surface area contributed by atoms with Crippen molar-refractivity contribution in [2.45, 2.75) is 71.1 Å². The van der Waals surface area contributed by atoms with Crippen LogP contribution in [0.2, 0.25) is 0 Å². The Balaban J connectivity index is 3.15. The lowest BCUT2D eigenvalue weighted by Gasteiger charge is -2.04. The van der Waals surface area contributed by atoms with E-state index in [4.69, 9.17) is 0 Å². The Morgan fingerprint density at radius 2 is 1.50 bits per heavy atom. The van der Waals surface area contributed by atoms with E-state index in [9.17, 15) is 13.6 Å². The van der Waals surface area contributed by atoms with Gasteiger partial charge in [0, 0.05) is 6.42 Å². The topological polar surface area (TPSA) is 75.7 Å². The maximum absolute atomic E-state index is 10.9. The first-order chi connectivity index (χ1) is 8.66. The molecule has 0 saturated heterocycles. The zero-order valence-corrected chi connectivity index (χ0v) is 11.8. The Bertz CT molecular complexity index is 233. The fourth-order valence-electron chi connectivity index (χ4n) is 1.69. The molecular formula is C12H23O5S-. The number of hydrogen-bond donors (Lipinski definition) is 0. The summed E-state index contributed by atoms with van der Waals surface area (Å²) in [6, 6.07) is 0. The molecule has 1 unspecified atom stereocenters. The minimum atomic E-state index is -2.79. The van der Waals surface area contributed by atoms with Gasteiger partial charge >= 0.3 is 5.97 Å². The number of rotatable bonds is 12. The van der Waals surface area contributed by atoms with Gasteiger partial charge in [0.15, 0.2) is 0 Å². The van der Waals surface area contributed by atoms with E-state index < -0.39 is 17.3 Å². The number of carbonyl (C=O) groups excluding carboxylic acids is 1. The van der Waals surface area contributed by atoms with Gasteiger partial charge in [-0.2, -0.15) is 0 Å². The molecule has 0 spiro atoms. The van der Waals surface area contributed by atoms with E-state index in [1.54, 1.807) is 0 Å². The quantitative estimate of drug-likeness (QED) is 0.237. The predicted molar refractivity (Wildman–Crippen MR) is 67.9 cm³/mol. The van der Waals surface area contributed by atoms with Crippen LogP contribution >= 0.6 is 0 Å². The van der Waals surface area contributed by atoms with Crippen molar-refractivity contribution in [3.8, 4) is 0 Å². The zero-order chi connectivity index (χ0) is 13.6. The van der Waals surface area contributed by atoms with Crippen LogP contribution in [0.3, 0.4) is 0 Å². The number of carbonyl (C=O) groups is 1. The summed E-state index contributed by atoms with van der Waals surface area (Å²) < 4.78 is 23.6.